The maximum absolute atomic E-state index is 13.7. The normalized spacial score (nSPS) is 54.2. The van der Waals surface area contributed by atoms with Crippen molar-refractivity contribution in [2.75, 3.05) is 13.2 Å². The molecular formula is C42H66O14. The third kappa shape index (κ3) is 6.13. The fourth-order valence-corrected chi connectivity index (χ4v) is 13.5. The second kappa shape index (κ2) is 14.3. The number of allylic oxidation sites excluding steroid dienone is 2. The predicted octanol–water partition coefficient (Wildman–Crippen LogP) is 2.06. The Morgan fingerprint density at radius 2 is 1.50 bits per heavy atom. The summed E-state index contributed by atoms with van der Waals surface area (Å²) < 4.78 is 23.8. The van der Waals surface area contributed by atoms with Crippen LogP contribution in [-0.4, -0.2) is 133 Å². The Bertz CT molecular complexity index is 1570. The molecule has 8 N–H and O–H groups in total. The summed E-state index contributed by atoms with van der Waals surface area (Å²) in [4.78, 5) is 25.9. The molecule has 7 aliphatic rings. The van der Waals surface area contributed by atoms with E-state index in [4.69, 9.17) is 18.9 Å². The highest BCUT2D eigenvalue weighted by Gasteiger charge is 2.70. The molecule has 56 heavy (non-hydrogen) atoms. The van der Waals surface area contributed by atoms with Crippen LogP contribution in [0.2, 0.25) is 0 Å². The molecule has 0 spiro atoms. The lowest BCUT2D eigenvalue weighted by atomic mass is 9.33. The van der Waals surface area contributed by atoms with Crippen molar-refractivity contribution in [2.45, 2.75) is 174 Å². The van der Waals surface area contributed by atoms with Crippen LogP contribution < -0.4 is 0 Å². The van der Waals surface area contributed by atoms with E-state index in [9.17, 15) is 50.4 Å². The molecule has 14 nitrogen and oxygen atoms in total. The van der Waals surface area contributed by atoms with Crippen LogP contribution >= 0.6 is 0 Å². The highest BCUT2D eigenvalue weighted by Crippen LogP contribution is 2.75. The second-order valence-corrected chi connectivity index (χ2v) is 20.6. The van der Waals surface area contributed by atoms with Crippen LogP contribution in [0.1, 0.15) is 106 Å². The van der Waals surface area contributed by atoms with Gasteiger partial charge < -0.3 is 59.8 Å². The van der Waals surface area contributed by atoms with Gasteiger partial charge in [-0.25, -0.2) is 4.79 Å². The lowest BCUT2D eigenvalue weighted by Crippen LogP contribution is -2.68. The Morgan fingerprint density at radius 1 is 0.804 bits per heavy atom. The Balaban J connectivity index is 1.17. The molecule has 0 unspecified atom stereocenters. The van der Waals surface area contributed by atoms with Crippen LogP contribution in [-0.2, 0) is 28.5 Å². The van der Waals surface area contributed by atoms with Gasteiger partial charge in [-0.05, 0) is 90.8 Å². The third-order valence-corrected chi connectivity index (χ3v) is 17.2. The molecule has 2 saturated heterocycles. The largest absolute Gasteiger partial charge is 0.479 e. The van der Waals surface area contributed by atoms with Crippen molar-refractivity contribution in [1.82, 2.24) is 0 Å². The van der Waals surface area contributed by atoms with Crippen molar-refractivity contribution in [2.24, 2.45) is 50.2 Å². The number of carbonyl (C=O) groups is 2. The minimum Gasteiger partial charge on any atom is -0.479 e. The van der Waals surface area contributed by atoms with Gasteiger partial charge in [0.1, 0.15) is 48.5 Å². The SMILES string of the molecule is CC1(C)CC(=O)[C@]2(C)CC[C@]3(C)C(=CC[C@@H]4[C@@]5(C)CC[C@H](O[C@@H]6O[C@H](C(=O)O)[C@@H](O)[C@H](O)[C@H]6O[C@@H]6O[C@H](CO)[C@@H](O)[C@H](O)[C@H]6O)[C@](C)(CO)[C@H]5CC[C@]43C)[C@H]2C1. The van der Waals surface area contributed by atoms with Crippen molar-refractivity contribution in [3.63, 3.8) is 0 Å². The summed E-state index contributed by atoms with van der Waals surface area (Å²) in [5.41, 5.74) is -0.183. The van der Waals surface area contributed by atoms with E-state index in [1.807, 2.05) is 6.92 Å². The van der Waals surface area contributed by atoms with Crippen molar-refractivity contribution in [3.8, 4) is 0 Å². The smallest absolute Gasteiger partial charge is 0.335 e. The van der Waals surface area contributed by atoms with E-state index in [0.29, 0.717) is 18.6 Å². The predicted molar refractivity (Wildman–Crippen MR) is 198 cm³/mol. The van der Waals surface area contributed by atoms with Gasteiger partial charge in [-0.3, -0.25) is 4.79 Å². The maximum atomic E-state index is 13.7. The Morgan fingerprint density at radius 3 is 2.14 bits per heavy atom. The van der Waals surface area contributed by atoms with Gasteiger partial charge in [0.05, 0.1) is 19.3 Å². The first-order valence-corrected chi connectivity index (χ1v) is 20.7. The molecule has 0 radical (unpaired) electrons. The Kier molecular flexibility index (Phi) is 10.9. The fraction of sp³-hybridized carbons (Fsp3) is 0.905. The third-order valence-electron chi connectivity index (χ3n) is 17.2. The van der Waals surface area contributed by atoms with Gasteiger partial charge in [-0.15, -0.1) is 0 Å². The first kappa shape index (κ1) is 42.6. The molecule has 6 fully saturated rings. The van der Waals surface area contributed by atoms with Gasteiger partial charge >= 0.3 is 5.97 Å². The van der Waals surface area contributed by atoms with E-state index in [2.05, 4.69) is 47.6 Å². The number of Topliss-reactive ketones (excluding diaryl/α,β-unsaturated/α-hetero) is 1. The monoisotopic (exact) mass is 794 g/mol. The van der Waals surface area contributed by atoms with Crippen LogP contribution in [0.25, 0.3) is 0 Å². The van der Waals surface area contributed by atoms with Crippen molar-refractivity contribution in [3.05, 3.63) is 11.6 Å². The summed E-state index contributed by atoms with van der Waals surface area (Å²) in [6, 6.07) is 0. The minimum atomic E-state index is -1.97. The van der Waals surface area contributed by atoms with E-state index in [-0.39, 0.29) is 51.4 Å². The molecule has 0 aromatic rings. The van der Waals surface area contributed by atoms with E-state index >= 15 is 0 Å². The molecule has 2 heterocycles. The molecule has 0 amide bonds. The molecule has 0 aromatic heterocycles. The van der Waals surface area contributed by atoms with E-state index < -0.39 is 85.5 Å². The van der Waals surface area contributed by atoms with Gasteiger partial charge in [0.25, 0.3) is 0 Å². The zero-order valence-corrected chi connectivity index (χ0v) is 34.0. The standard InChI is InChI=1S/C42H66O14/c1-37(2)16-21-20-8-9-24-39(4)12-11-26(40(5,19-44)23(39)10-13-42(24,7)41(20,6)15-14-38(21,3)25(45)17-37)54-36-33(30(49)29(48)32(55-36)34(51)52)56-35-31(50)28(47)27(46)22(18-43)53-35/h8,21-24,26-33,35-36,43-44,46-50H,9-19H2,1-7H3,(H,51,52)/t21-,22-,23+,24-,26+,27-,28+,29+,30+,31-,32+,33-,35+,36-,38-,39+,40-,41-,42-/m1/s1. The molecule has 2 aliphatic heterocycles. The quantitative estimate of drug-likeness (QED) is 0.136. The Labute approximate surface area is 329 Å². The molecular weight excluding hydrogens is 728 g/mol. The number of aliphatic hydroxyl groups excluding tert-OH is 7. The first-order chi connectivity index (χ1) is 26.0. The van der Waals surface area contributed by atoms with Gasteiger partial charge in [-0.2, -0.15) is 0 Å². The number of ketones is 1. The zero-order chi connectivity index (χ0) is 41.1. The number of aliphatic carboxylic acids is 1. The number of carboxylic acids is 1. The van der Waals surface area contributed by atoms with Crippen molar-refractivity contribution < 1.29 is 69.4 Å². The number of aliphatic hydroxyl groups is 7. The van der Waals surface area contributed by atoms with Crippen molar-refractivity contribution >= 4 is 11.8 Å². The highest BCUT2D eigenvalue weighted by atomic mass is 16.8. The average molecular weight is 795 g/mol. The molecule has 7 rings (SSSR count). The molecule has 4 saturated carbocycles. The van der Waals surface area contributed by atoms with Crippen LogP contribution in [0.3, 0.4) is 0 Å². The summed E-state index contributed by atoms with van der Waals surface area (Å²) in [5, 5.41) is 84.4. The average Bonchev–Trinajstić information content (AvgIpc) is 3.13. The minimum absolute atomic E-state index is 0.0291. The molecule has 14 heteroatoms. The number of rotatable bonds is 7. The molecule has 0 aromatic carbocycles. The fourth-order valence-electron chi connectivity index (χ4n) is 13.5. The number of carboxylic acid groups (broad SMARTS) is 1. The lowest BCUT2D eigenvalue weighted by molar-refractivity contribution is -0.375. The summed E-state index contributed by atoms with van der Waals surface area (Å²) in [6.45, 7) is 14.9. The van der Waals surface area contributed by atoms with Gasteiger partial charge in [0.2, 0.25) is 0 Å². The number of ether oxygens (including phenoxy) is 4. The highest BCUT2D eigenvalue weighted by molar-refractivity contribution is 5.87. The number of carbonyl (C=O) groups excluding carboxylic acids is 1. The Hall–Kier alpha value is -1.56. The summed E-state index contributed by atoms with van der Waals surface area (Å²) in [6.07, 6.45) is -8.50. The second-order valence-electron chi connectivity index (χ2n) is 20.6. The number of hydrogen-bond donors (Lipinski definition) is 8. The van der Waals surface area contributed by atoms with Gasteiger partial charge in [0.15, 0.2) is 18.7 Å². The van der Waals surface area contributed by atoms with Crippen molar-refractivity contribution in [1.29, 1.82) is 0 Å². The van der Waals surface area contributed by atoms with E-state index in [1.165, 1.54) is 5.57 Å². The van der Waals surface area contributed by atoms with Crippen LogP contribution in [0.15, 0.2) is 11.6 Å². The zero-order valence-electron chi connectivity index (χ0n) is 34.0. The van der Waals surface area contributed by atoms with Crippen LogP contribution in [0, 0.1) is 50.2 Å². The van der Waals surface area contributed by atoms with Gasteiger partial charge in [-0.1, -0.05) is 60.1 Å². The van der Waals surface area contributed by atoms with Gasteiger partial charge in [0, 0.05) is 17.3 Å². The number of fused-ring (bicyclic) bond motifs is 7. The lowest BCUT2D eigenvalue weighted by Gasteiger charge is -2.71. The summed E-state index contributed by atoms with van der Waals surface area (Å²) >= 11 is 0. The molecule has 5 aliphatic carbocycles. The molecule has 19 atom stereocenters. The molecule has 0 bridgehead atoms. The first-order valence-electron chi connectivity index (χ1n) is 20.7. The molecule has 318 valence electrons. The van der Waals surface area contributed by atoms with Crippen LogP contribution in [0.4, 0.5) is 0 Å². The van der Waals surface area contributed by atoms with E-state index in [1.54, 1.807) is 0 Å². The van der Waals surface area contributed by atoms with E-state index in [0.717, 1.165) is 44.9 Å². The van der Waals surface area contributed by atoms with Crippen LogP contribution in [0.5, 0.6) is 0 Å². The summed E-state index contributed by atoms with van der Waals surface area (Å²) in [5.74, 6) is -0.705. The number of hydrogen-bond acceptors (Lipinski definition) is 13. The summed E-state index contributed by atoms with van der Waals surface area (Å²) in [7, 11) is 0. The topological polar surface area (TPSA) is 233 Å². The maximum Gasteiger partial charge on any atom is 0.335 e.